The van der Waals surface area contributed by atoms with Gasteiger partial charge >= 0.3 is 0 Å². The van der Waals surface area contributed by atoms with E-state index in [1.807, 2.05) is 18.2 Å². The summed E-state index contributed by atoms with van der Waals surface area (Å²) in [5.41, 5.74) is 8.78. The van der Waals surface area contributed by atoms with Gasteiger partial charge in [0.1, 0.15) is 0 Å². The average molecular weight is 425 g/mol. The highest BCUT2D eigenvalue weighted by Crippen LogP contribution is 2.45. The Kier molecular flexibility index (Phi) is 3.98. The van der Waals surface area contributed by atoms with Gasteiger partial charge in [-0.05, 0) is 69.0 Å². The third kappa shape index (κ3) is 2.63. The number of para-hydroxylation sites is 2. The van der Waals surface area contributed by atoms with Crippen molar-refractivity contribution in [3.8, 4) is 0 Å². The van der Waals surface area contributed by atoms with Crippen LogP contribution in [0.1, 0.15) is 57.2 Å². The molecule has 0 amide bonds. The van der Waals surface area contributed by atoms with E-state index in [-0.39, 0.29) is 17.4 Å². The Bertz CT molecular complexity index is 1360. The number of carbonyl (C=O) groups is 1. The summed E-state index contributed by atoms with van der Waals surface area (Å²) < 4.78 is 2.22. The Hall–Kier alpha value is -3.34. The molecular weight excluding hydrogens is 396 g/mol. The summed E-state index contributed by atoms with van der Waals surface area (Å²) in [5.74, 6) is 1.07. The number of hydrogen-bond donors (Lipinski definition) is 1. The fourth-order valence-corrected chi connectivity index (χ4v) is 5.63. The van der Waals surface area contributed by atoms with Gasteiger partial charge in [0.2, 0.25) is 5.95 Å². The lowest BCUT2D eigenvalue weighted by Gasteiger charge is -2.41. The van der Waals surface area contributed by atoms with E-state index in [9.17, 15) is 4.79 Å². The van der Waals surface area contributed by atoms with Gasteiger partial charge in [-0.2, -0.15) is 0 Å². The Balaban J connectivity index is 1.60. The van der Waals surface area contributed by atoms with E-state index in [2.05, 4.69) is 72.9 Å². The summed E-state index contributed by atoms with van der Waals surface area (Å²) in [6.45, 7) is 6.66. The number of allylic oxidation sites excluding steroid dienone is 3. The number of imidazole rings is 1. The van der Waals surface area contributed by atoms with E-state index < -0.39 is 0 Å². The third-order valence-corrected chi connectivity index (χ3v) is 7.40. The topological polar surface area (TPSA) is 50.2 Å². The molecule has 2 aliphatic heterocycles. The van der Waals surface area contributed by atoms with Crippen LogP contribution in [0.5, 0.6) is 0 Å². The maximum Gasteiger partial charge on any atom is 0.209 e. The van der Waals surface area contributed by atoms with Crippen LogP contribution in [0.3, 0.4) is 0 Å². The number of hydrogen-bond acceptors (Lipinski definition) is 4. The molecule has 0 unspecified atom stereocenters. The first kappa shape index (κ1) is 19.4. The van der Waals surface area contributed by atoms with E-state index in [1.165, 1.54) is 16.8 Å². The normalized spacial score (nSPS) is 21.6. The van der Waals surface area contributed by atoms with Gasteiger partial charge in [0.05, 0.1) is 22.6 Å². The van der Waals surface area contributed by atoms with Crippen LogP contribution in [0.25, 0.3) is 16.6 Å². The molecule has 0 bridgehead atoms. The zero-order chi connectivity index (χ0) is 22.2. The van der Waals surface area contributed by atoms with Crippen molar-refractivity contribution in [2.24, 2.45) is 0 Å². The second kappa shape index (κ2) is 6.58. The molecule has 5 nitrogen and oxygen atoms in total. The Labute approximate surface area is 188 Å². The molecular formula is C27H28N4O. The number of anilines is 2. The van der Waals surface area contributed by atoms with Gasteiger partial charge < -0.3 is 10.2 Å². The molecule has 0 radical (unpaired) electrons. The zero-order valence-corrected chi connectivity index (χ0v) is 19.1. The van der Waals surface area contributed by atoms with Crippen LogP contribution < -0.4 is 10.2 Å². The fraction of sp³-hybridized carbons (Fsp3) is 0.333. The summed E-state index contributed by atoms with van der Waals surface area (Å²) in [5, 5.41) is 3.50. The van der Waals surface area contributed by atoms with Crippen LogP contribution in [-0.4, -0.2) is 27.9 Å². The second-order valence-corrected chi connectivity index (χ2v) is 9.81. The molecule has 1 atom stereocenters. The number of aromatic nitrogens is 2. The lowest BCUT2D eigenvalue weighted by atomic mass is 9.83. The lowest BCUT2D eigenvalue weighted by Crippen LogP contribution is -2.42. The number of nitrogens with zero attached hydrogens (tertiary/aromatic N) is 3. The van der Waals surface area contributed by atoms with Gasteiger partial charge in [-0.25, -0.2) is 4.98 Å². The highest BCUT2D eigenvalue weighted by atomic mass is 16.1. The Morgan fingerprint density at radius 2 is 1.94 bits per heavy atom. The van der Waals surface area contributed by atoms with Gasteiger partial charge in [-0.3, -0.25) is 9.36 Å². The number of Topliss-reactive ketones (excluding diaryl/α,β-unsaturated/α-hetero) is 1. The molecule has 0 saturated heterocycles. The van der Waals surface area contributed by atoms with Crippen LogP contribution in [-0.2, 0) is 4.79 Å². The summed E-state index contributed by atoms with van der Waals surface area (Å²) >= 11 is 0. The summed E-state index contributed by atoms with van der Waals surface area (Å²) in [6.07, 6.45) is 4.72. The molecule has 1 N–H and O–H groups in total. The molecule has 0 saturated carbocycles. The Morgan fingerprint density at radius 3 is 2.78 bits per heavy atom. The summed E-state index contributed by atoms with van der Waals surface area (Å²) in [7, 11) is 2.15. The van der Waals surface area contributed by atoms with E-state index >= 15 is 0 Å². The molecule has 0 spiro atoms. The standard InChI is InChI=1S/C27H28N4O/c1-16-15-27(2,3)30(4)21-13-12-17(14-18(16)21)25-24-20(9-7-11-23(24)32)29-26-28-19-8-5-6-10-22(19)31(25)26/h5-6,8,10,12-15,25H,7,9,11H2,1-4H3,(H,28,29)/t25-/m0/s1. The van der Waals surface area contributed by atoms with Crippen molar-refractivity contribution < 1.29 is 4.79 Å². The van der Waals surface area contributed by atoms with Gasteiger partial charge in [0.25, 0.3) is 0 Å². The SMILES string of the molecule is CC1=CC(C)(C)N(C)c2ccc([C@H]3C4=C(CCCC4=O)Nc4nc5ccccc5n43)cc21. The van der Waals surface area contributed by atoms with E-state index in [0.717, 1.165) is 46.7 Å². The minimum absolute atomic E-state index is 0.0316. The highest BCUT2D eigenvalue weighted by molar-refractivity contribution is 6.00. The molecule has 1 aliphatic carbocycles. The number of ketones is 1. The van der Waals surface area contributed by atoms with Gasteiger partial charge in [0, 0.05) is 36.0 Å². The number of likely N-dealkylation sites (N-methyl/N-ethyl adjacent to an activating group) is 1. The maximum atomic E-state index is 13.2. The maximum absolute atomic E-state index is 13.2. The van der Waals surface area contributed by atoms with Gasteiger partial charge in [0.15, 0.2) is 5.78 Å². The molecule has 1 aromatic heterocycles. The van der Waals surface area contributed by atoms with Crippen molar-refractivity contribution in [2.45, 2.75) is 51.6 Å². The molecule has 0 fully saturated rings. The molecule has 3 aliphatic rings. The predicted octanol–water partition coefficient (Wildman–Crippen LogP) is 5.69. The number of benzene rings is 2. The largest absolute Gasteiger partial charge is 0.366 e. The number of carbonyl (C=O) groups excluding carboxylic acids is 1. The quantitative estimate of drug-likeness (QED) is 0.545. The van der Waals surface area contributed by atoms with E-state index in [4.69, 9.17) is 4.98 Å². The minimum Gasteiger partial charge on any atom is -0.366 e. The van der Waals surface area contributed by atoms with Crippen LogP contribution in [0.4, 0.5) is 11.6 Å². The second-order valence-electron chi connectivity index (χ2n) is 9.81. The highest BCUT2D eigenvalue weighted by Gasteiger charge is 2.37. The fourth-order valence-electron chi connectivity index (χ4n) is 5.63. The van der Waals surface area contributed by atoms with Crippen LogP contribution in [0.15, 0.2) is 59.8 Å². The monoisotopic (exact) mass is 424 g/mol. The van der Waals surface area contributed by atoms with E-state index in [1.54, 1.807) is 0 Å². The first-order valence-corrected chi connectivity index (χ1v) is 11.4. The predicted molar refractivity (Wildman–Crippen MR) is 130 cm³/mol. The first-order chi connectivity index (χ1) is 15.3. The van der Waals surface area contributed by atoms with Crippen molar-refractivity contribution in [3.63, 3.8) is 0 Å². The molecule has 162 valence electrons. The Morgan fingerprint density at radius 1 is 1.12 bits per heavy atom. The first-order valence-electron chi connectivity index (χ1n) is 11.4. The molecule has 3 aromatic rings. The summed E-state index contributed by atoms with van der Waals surface area (Å²) in [6, 6.07) is 14.7. The lowest BCUT2D eigenvalue weighted by molar-refractivity contribution is -0.116. The van der Waals surface area contributed by atoms with Crippen LogP contribution in [0, 0.1) is 0 Å². The van der Waals surface area contributed by atoms with Crippen LogP contribution >= 0.6 is 0 Å². The number of nitrogens with one attached hydrogen (secondary N) is 1. The van der Waals surface area contributed by atoms with Crippen LogP contribution in [0.2, 0.25) is 0 Å². The third-order valence-electron chi connectivity index (χ3n) is 7.40. The average Bonchev–Trinajstić information content (AvgIpc) is 3.14. The van der Waals surface area contributed by atoms with Crippen molar-refractivity contribution in [1.82, 2.24) is 9.55 Å². The van der Waals surface area contributed by atoms with Crippen molar-refractivity contribution in [1.29, 1.82) is 0 Å². The molecule has 5 heteroatoms. The number of rotatable bonds is 1. The molecule has 6 rings (SSSR count). The van der Waals surface area contributed by atoms with Crippen molar-refractivity contribution >= 4 is 34.0 Å². The summed E-state index contributed by atoms with van der Waals surface area (Å²) in [4.78, 5) is 20.4. The van der Waals surface area contributed by atoms with Gasteiger partial charge in [-0.15, -0.1) is 0 Å². The number of fused-ring (bicyclic) bond motifs is 4. The van der Waals surface area contributed by atoms with Crippen molar-refractivity contribution in [2.75, 3.05) is 17.3 Å². The smallest absolute Gasteiger partial charge is 0.209 e. The van der Waals surface area contributed by atoms with Crippen molar-refractivity contribution in [3.05, 3.63) is 70.9 Å². The van der Waals surface area contributed by atoms with E-state index in [0.29, 0.717) is 6.42 Å². The minimum atomic E-state index is -0.167. The molecule has 2 aromatic carbocycles. The molecule has 3 heterocycles. The van der Waals surface area contributed by atoms with Gasteiger partial charge in [-0.1, -0.05) is 24.3 Å². The zero-order valence-electron chi connectivity index (χ0n) is 19.1. The molecule has 32 heavy (non-hydrogen) atoms.